The average molecular weight is 207 g/mol. The molecule has 0 saturated heterocycles. The smallest absolute Gasteiger partial charge is 0.0626 e. The summed E-state index contributed by atoms with van der Waals surface area (Å²) < 4.78 is 0. The second-order valence-electron chi connectivity index (χ2n) is 4.15. The second-order valence-corrected chi connectivity index (χ2v) is 4.15. The third-order valence-corrected chi connectivity index (χ3v) is 2.51. The zero-order valence-electron chi connectivity index (χ0n) is 9.83. The minimum absolute atomic E-state index is 0.0518. The Bertz CT molecular complexity index is 279. The van der Waals surface area contributed by atoms with Crippen molar-refractivity contribution < 1.29 is 5.11 Å². The summed E-state index contributed by atoms with van der Waals surface area (Å²) in [5.74, 6) is 0. The molecule has 0 aliphatic rings. The van der Waals surface area contributed by atoms with E-state index in [1.165, 1.54) is 5.56 Å². The molecule has 0 saturated carbocycles. The molecule has 0 radical (unpaired) electrons. The van der Waals surface area contributed by atoms with Crippen molar-refractivity contribution in [1.82, 2.24) is 5.32 Å². The largest absolute Gasteiger partial charge is 0.394 e. The van der Waals surface area contributed by atoms with Crippen LogP contribution < -0.4 is 5.32 Å². The first-order valence-electron chi connectivity index (χ1n) is 5.63. The van der Waals surface area contributed by atoms with Crippen LogP contribution in [0.5, 0.6) is 0 Å². The lowest BCUT2D eigenvalue weighted by Crippen LogP contribution is -2.30. The van der Waals surface area contributed by atoms with E-state index in [9.17, 15) is 5.11 Å². The standard InChI is InChI=1S/C13H21NO/c1-4-11-5-7-12(8-6-11)13(9-15)14-10(2)3/h5-8,10,13-15H,4,9H2,1-3H3. The lowest BCUT2D eigenvalue weighted by Gasteiger charge is -2.19. The van der Waals surface area contributed by atoms with E-state index in [2.05, 4.69) is 50.4 Å². The van der Waals surface area contributed by atoms with Crippen molar-refractivity contribution in [3.05, 3.63) is 35.4 Å². The molecule has 2 heteroatoms. The van der Waals surface area contributed by atoms with Gasteiger partial charge in [-0.2, -0.15) is 0 Å². The highest BCUT2D eigenvalue weighted by atomic mass is 16.3. The topological polar surface area (TPSA) is 32.3 Å². The van der Waals surface area contributed by atoms with Crippen LogP contribution in [0.15, 0.2) is 24.3 Å². The summed E-state index contributed by atoms with van der Waals surface area (Å²) in [5.41, 5.74) is 2.49. The van der Waals surface area contributed by atoms with E-state index in [1.54, 1.807) is 0 Å². The highest BCUT2D eigenvalue weighted by Crippen LogP contribution is 2.14. The third-order valence-electron chi connectivity index (χ3n) is 2.51. The minimum atomic E-state index is 0.0518. The van der Waals surface area contributed by atoms with Crippen LogP contribution in [0.3, 0.4) is 0 Å². The van der Waals surface area contributed by atoms with E-state index in [-0.39, 0.29) is 12.6 Å². The molecular formula is C13H21NO. The number of aliphatic hydroxyl groups is 1. The van der Waals surface area contributed by atoms with Crippen LogP contribution in [0.2, 0.25) is 0 Å². The van der Waals surface area contributed by atoms with E-state index in [1.807, 2.05) is 0 Å². The highest BCUT2D eigenvalue weighted by Gasteiger charge is 2.10. The maximum absolute atomic E-state index is 9.29. The number of hydrogen-bond donors (Lipinski definition) is 2. The molecule has 0 bridgehead atoms. The number of aliphatic hydroxyl groups excluding tert-OH is 1. The van der Waals surface area contributed by atoms with Crippen molar-refractivity contribution in [2.24, 2.45) is 0 Å². The maximum Gasteiger partial charge on any atom is 0.0626 e. The lowest BCUT2D eigenvalue weighted by molar-refractivity contribution is 0.237. The summed E-state index contributed by atoms with van der Waals surface area (Å²) in [6.07, 6.45) is 1.06. The molecule has 15 heavy (non-hydrogen) atoms. The van der Waals surface area contributed by atoms with Crippen LogP contribution in [0.1, 0.15) is 37.9 Å². The maximum atomic E-state index is 9.29. The fourth-order valence-electron chi connectivity index (χ4n) is 1.64. The van der Waals surface area contributed by atoms with Crippen molar-refractivity contribution >= 4 is 0 Å². The van der Waals surface area contributed by atoms with Gasteiger partial charge in [0.25, 0.3) is 0 Å². The zero-order valence-corrected chi connectivity index (χ0v) is 9.83. The van der Waals surface area contributed by atoms with E-state index < -0.39 is 0 Å². The molecule has 1 atom stereocenters. The first-order valence-corrected chi connectivity index (χ1v) is 5.63. The molecule has 0 aromatic heterocycles. The molecule has 1 aromatic carbocycles. The van der Waals surface area contributed by atoms with Crippen LogP contribution in [0, 0.1) is 0 Å². The Morgan fingerprint density at radius 2 is 1.80 bits per heavy atom. The molecule has 1 rings (SSSR count). The van der Waals surface area contributed by atoms with Crippen molar-refractivity contribution in [3.8, 4) is 0 Å². The molecule has 1 unspecified atom stereocenters. The predicted molar refractivity (Wildman–Crippen MR) is 63.9 cm³/mol. The number of rotatable bonds is 5. The van der Waals surface area contributed by atoms with Gasteiger partial charge in [0.15, 0.2) is 0 Å². The molecule has 0 aliphatic heterocycles. The van der Waals surface area contributed by atoms with Crippen LogP contribution in [-0.2, 0) is 6.42 Å². The fraction of sp³-hybridized carbons (Fsp3) is 0.538. The van der Waals surface area contributed by atoms with Gasteiger partial charge in [-0.15, -0.1) is 0 Å². The van der Waals surface area contributed by atoms with Crippen LogP contribution in [0.25, 0.3) is 0 Å². The van der Waals surface area contributed by atoms with Gasteiger partial charge in [-0.25, -0.2) is 0 Å². The third kappa shape index (κ3) is 3.65. The zero-order chi connectivity index (χ0) is 11.3. The summed E-state index contributed by atoms with van der Waals surface area (Å²) in [4.78, 5) is 0. The van der Waals surface area contributed by atoms with Crippen molar-refractivity contribution in [1.29, 1.82) is 0 Å². The summed E-state index contributed by atoms with van der Waals surface area (Å²) in [6.45, 7) is 6.46. The number of nitrogens with one attached hydrogen (secondary N) is 1. The molecule has 2 N–H and O–H groups in total. The van der Waals surface area contributed by atoms with Crippen LogP contribution >= 0.6 is 0 Å². The molecule has 0 amide bonds. The number of hydrogen-bond acceptors (Lipinski definition) is 2. The second kappa shape index (κ2) is 5.89. The molecule has 0 spiro atoms. The molecule has 0 fully saturated rings. The van der Waals surface area contributed by atoms with Gasteiger partial charge in [0.1, 0.15) is 0 Å². The van der Waals surface area contributed by atoms with Gasteiger partial charge in [-0.1, -0.05) is 45.0 Å². The van der Waals surface area contributed by atoms with Gasteiger partial charge < -0.3 is 10.4 Å². The van der Waals surface area contributed by atoms with Crippen LogP contribution in [-0.4, -0.2) is 17.8 Å². The molecule has 0 aliphatic carbocycles. The minimum Gasteiger partial charge on any atom is -0.394 e. The van der Waals surface area contributed by atoms with E-state index in [0.29, 0.717) is 6.04 Å². The monoisotopic (exact) mass is 207 g/mol. The number of benzene rings is 1. The van der Waals surface area contributed by atoms with Gasteiger partial charge in [0.2, 0.25) is 0 Å². The Morgan fingerprint density at radius 1 is 1.20 bits per heavy atom. The van der Waals surface area contributed by atoms with Crippen molar-refractivity contribution in [2.75, 3.05) is 6.61 Å². The Hall–Kier alpha value is -0.860. The SMILES string of the molecule is CCc1ccc(C(CO)NC(C)C)cc1. The van der Waals surface area contributed by atoms with E-state index in [4.69, 9.17) is 0 Å². The predicted octanol–water partition coefficient (Wildman–Crippen LogP) is 2.28. The molecular weight excluding hydrogens is 186 g/mol. The van der Waals surface area contributed by atoms with Gasteiger partial charge in [-0.05, 0) is 17.5 Å². The fourth-order valence-corrected chi connectivity index (χ4v) is 1.64. The van der Waals surface area contributed by atoms with Gasteiger partial charge >= 0.3 is 0 Å². The van der Waals surface area contributed by atoms with Gasteiger partial charge in [0, 0.05) is 6.04 Å². The average Bonchev–Trinajstić information content (AvgIpc) is 2.26. The normalized spacial score (nSPS) is 13.1. The summed E-state index contributed by atoms with van der Waals surface area (Å²) >= 11 is 0. The van der Waals surface area contributed by atoms with Crippen LogP contribution in [0.4, 0.5) is 0 Å². The summed E-state index contributed by atoms with van der Waals surface area (Å²) in [5, 5.41) is 12.6. The Morgan fingerprint density at radius 3 is 2.20 bits per heavy atom. The quantitative estimate of drug-likeness (QED) is 0.776. The summed E-state index contributed by atoms with van der Waals surface area (Å²) in [6, 6.07) is 8.87. The van der Waals surface area contributed by atoms with Crippen molar-refractivity contribution in [2.45, 2.75) is 39.3 Å². The Balaban J connectivity index is 2.74. The molecule has 0 heterocycles. The van der Waals surface area contributed by atoms with Crippen molar-refractivity contribution in [3.63, 3.8) is 0 Å². The highest BCUT2D eigenvalue weighted by molar-refractivity contribution is 5.25. The Labute approximate surface area is 92.3 Å². The van der Waals surface area contributed by atoms with Gasteiger partial charge in [-0.3, -0.25) is 0 Å². The molecule has 1 aromatic rings. The van der Waals surface area contributed by atoms with E-state index >= 15 is 0 Å². The molecule has 2 nitrogen and oxygen atoms in total. The van der Waals surface area contributed by atoms with Gasteiger partial charge in [0.05, 0.1) is 12.6 Å². The number of aryl methyl sites for hydroxylation is 1. The first kappa shape index (κ1) is 12.2. The summed E-state index contributed by atoms with van der Waals surface area (Å²) in [7, 11) is 0. The lowest BCUT2D eigenvalue weighted by atomic mass is 10.0. The Kier molecular flexibility index (Phi) is 4.79. The van der Waals surface area contributed by atoms with E-state index in [0.717, 1.165) is 12.0 Å². The molecule has 84 valence electrons. The first-order chi connectivity index (χ1) is 7.17.